The Kier molecular flexibility index (Phi) is 5.75. The van der Waals surface area contributed by atoms with E-state index >= 15 is 0 Å². The van der Waals surface area contributed by atoms with Crippen LogP contribution in [-0.4, -0.2) is 36.6 Å². The molecule has 5 rings (SSSR count). The molecule has 2 aliphatic heterocycles. The number of hydrogen-bond acceptors (Lipinski definition) is 5. The molecule has 3 aromatic carbocycles. The third kappa shape index (κ3) is 3.51. The van der Waals surface area contributed by atoms with Crippen molar-refractivity contribution in [1.82, 2.24) is 0 Å². The lowest BCUT2D eigenvalue weighted by atomic mass is 10.0. The summed E-state index contributed by atoms with van der Waals surface area (Å²) in [6.07, 6.45) is 0. The van der Waals surface area contributed by atoms with Crippen LogP contribution < -0.4 is 19.9 Å². The van der Waals surface area contributed by atoms with Crippen LogP contribution in [0.3, 0.4) is 0 Å². The first kappa shape index (κ1) is 22.0. The van der Waals surface area contributed by atoms with Crippen molar-refractivity contribution in [3.05, 3.63) is 84.4 Å². The second-order valence-corrected chi connectivity index (χ2v) is 9.05. The first-order chi connectivity index (χ1) is 16.6. The minimum Gasteiger partial charge on any atom is -0.492 e. The number of ether oxygens (including phenoxy) is 1. The first-order valence-corrected chi connectivity index (χ1v) is 12.0. The minimum absolute atomic E-state index is 0.142. The van der Waals surface area contributed by atoms with Gasteiger partial charge >= 0.3 is 0 Å². The van der Waals surface area contributed by atoms with Crippen LogP contribution >= 0.6 is 11.8 Å². The van der Waals surface area contributed by atoms with E-state index in [1.807, 2.05) is 73.7 Å². The fraction of sp³-hybridized carbons (Fsp3) is 0.192. The zero-order valence-corrected chi connectivity index (χ0v) is 19.4. The Bertz CT molecular complexity index is 1270. The summed E-state index contributed by atoms with van der Waals surface area (Å²) in [6, 6.07) is 23.7. The van der Waals surface area contributed by atoms with Crippen LogP contribution in [0.15, 0.2) is 78.9 Å². The maximum Gasteiger partial charge on any atom is 0.269 e. The van der Waals surface area contributed by atoms with Crippen molar-refractivity contribution in [2.45, 2.75) is 11.8 Å². The maximum absolute atomic E-state index is 14.0. The van der Waals surface area contributed by atoms with E-state index in [-0.39, 0.29) is 30.0 Å². The molecule has 0 aromatic heterocycles. The van der Waals surface area contributed by atoms with E-state index in [1.54, 1.807) is 17.0 Å². The monoisotopic (exact) mass is 473 g/mol. The summed E-state index contributed by atoms with van der Waals surface area (Å²) < 4.78 is 5.59. The number of anilines is 3. The summed E-state index contributed by atoms with van der Waals surface area (Å²) in [7, 11) is 0. The summed E-state index contributed by atoms with van der Waals surface area (Å²) in [5.74, 6) is -0.0578. The van der Waals surface area contributed by atoms with Crippen LogP contribution in [0.4, 0.5) is 17.1 Å². The maximum atomic E-state index is 14.0. The molecular formula is C26H23N3O4S. The predicted molar refractivity (Wildman–Crippen MR) is 133 cm³/mol. The van der Waals surface area contributed by atoms with E-state index in [1.165, 1.54) is 16.7 Å². The summed E-state index contributed by atoms with van der Waals surface area (Å²) in [4.78, 5) is 41.8. The number of hydrogen-bond donors (Lipinski definition) is 1. The average Bonchev–Trinajstić information content (AvgIpc) is 3.32. The van der Waals surface area contributed by atoms with Gasteiger partial charge < -0.3 is 10.1 Å². The molecule has 0 saturated carbocycles. The molecular weight excluding hydrogens is 450 g/mol. The Labute approximate surface area is 201 Å². The number of carbonyl (C=O) groups excluding carboxylic acids is 3. The Morgan fingerprint density at radius 3 is 2.50 bits per heavy atom. The Morgan fingerprint density at radius 1 is 1.00 bits per heavy atom. The highest BCUT2D eigenvalue weighted by molar-refractivity contribution is 8.02. The standard InChI is InChI=1S/C26H23N3O4S/c1-2-33-22-15-9-7-13-20(22)27-23(30)16-28-21-14-8-6-12-19(21)26(25(28)32)29(24(31)17-34-26)18-10-4-3-5-11-18/h3-15H,2,16-17H2,1H3,(H,27,30)/t26-/m1/s1. The van der Waals surface area contributed by atoms with Crippen LogP contribution in [0.1, 0.15) is 12.5 Å². The van der Waals surface area contributed by atoms with Crippen LogP contribution in [0, 0.1) is 0 Å². The lowest BCUT2D eigenvalue weighted by molar-refractivity contribution is -0.124. The van der Waals surface area contributed by atoms with Gasteiger partial charge in [-0.3, -0.25) is 24.2 Å². The smallest absolute Gasteiger partial charge is 0.269 e. The van der Waals surface area contributed by atoms with E-state index in [0.717, 1.165) is 0 Å². The third-order valence-electron chi connectivity index (χ3n) is 5.84. The Hall–Kier alpha value is -3.78. The van der Waals surface area contributed by atoms with Gasteiger partial charge in [-0.15, -0.1) is 11.8 Å². The SMILES string of the molecule is CCOc1ccccc1NC(=O)CN1C(=O)[C@]2(SCC(=O)N2c2ccccc2)c2ccccc21. The molecule has 1 atom stereocenters. The van der Waals surface area contributed by atoms with E-state index in [4.69, 9.17) is 4.74 Å². The molecule has 0 radical (unpaired) electrons. The molecule has 2 aliphatic rings. The first-order valence-electron chi connectivity index (χ1n) is 11.0. The highest BCUT2D eigenvalue weighted by atomic mass is 32.2. The van der Waals surface area contributed by atoms with Crippen molar-refractivity contribution >= 4 is 46.5 Å². The van der Waals surface area contributed by atoms with E-state index < -0.39 is 4.87 Å². The van der Waals surface area contributed by atoms with Gasteiger partial charge in [0.1, 0.15) is 12.3 Å². The molecule has 0 aliphatic carbocycles. The quantitative estimate of drug-likeness (QED) is 0.585. The summed E-state index contributed by atoms with van der Waals surface area (Å²) >= 11 is 1.29. The molecule has 1 saturated heterocycles. The summed E-state index contributed by atoms with van der Waals surface area (Å²) in [6.45, 7) is 2.15. The van der Waals surface area contributed by atoms with Gasteiger partial charge in [0.15, 0.2) is 0 Å². The molecule has 3 aromatic rings. The van der Waals surface area contributed by atoms with Gasteiger partial charge in [-0.25, -0.2) is 0 Å². The van der Waals surface area contributed by atoms with Crippen molar-refractivity contribution in [2.24, 2.45) is 0 Å². The molecule has 1 N–H and O–H groups in total. The molecule has 3 amide bonds. The normalized spacial score (nSPS) is 19.0. The summed E-state index contributed by atoms with van der Waals surface area (Å²) in [5, 5.41) is 2.86. The number of nitrogens with one attached hydrogen (secondary N) is 1. The van der Waals surface area contributed by atoms with Crippen LogP contribution in [0.5, 0.6) is 5.75 Å². The molecule has 34 heavy (non-hydrogen) atoms. The number of thioether (sulfide) groups is 1. The number of rotatable bonds is 6. The van der Waals surface area contributed by atoms with E-state index in [0.29, 0.717) is 35.0 Å². The number of carbonyl (C=O) groups is 3. The zero-order chi connectivity index (χ0) is 23.7. The number of fused-ring (bicyclic) bond motifs is 2. The molecule has 0 unspecified atom stereocenters. The lowest BCUT2D eigenvalue weighted by Crippen LogP contribution is -2.50. The summed E-state index contributed by atoms with van der Waals surface area (Å²) in [5.41, 5.74) is 2.53. The van der Waals surface area contributed by atoms with Crippen LogP contribution in [0.25, 0.3) is 0 Å². The van der Waals surface area contributed by atoms with Gasteiger partial charge in [0.2, 0.25) is 16.7 Å². The molecule has 1 fully saturated rings. The zero-order valence-electron chi connectivity index (χ0n) is 18.6. The second-order valence-electron chi connectivity index (χ2n) is 7.88. The Morgan fingerprint density at radius 2 is 1.71 bits per heavy atom. The van der Waals surface area contributed by atoms with E-state index in [2.05, 4.69) is 5.32 Å². The number of para-hydroxylation sites is 4. The topological polar surface area (TPSA) is 79.0 Å². The third-order valence-corrected chi connectivity index (χ3v) is 7.23. The van der Waals surface area contributed by atoms with Crippen LogP contribution in [0.2, 0.25) is 0 Å². The molecule has 0 bridgehead atoms. The number of nitrogens with zero attached hydrogens (tertiary/aromatic N) is 2. The van der Waals surface area contributed by atoms with Gasteiger partial charge in [0.25, 0.3) is 5.91 Å². The van der Waals surface area contributed by atoms with Crippen molar-refractivity contribution in [1.29, 1.82) is 0 Å². The Balaban J connectivity index is 1.48. The van der Waals surface area contributed by atoms with Gasteiger partial charge in [0, 0.05) is 11.3 Å². The average molecular weight is 474 g/mol. The number of benzene rings is 3. The van der Waals surface area contributed by atoms with Gasteiger partial charge in [-0.1, -0.05) is 48.5 Å². The molecule has 1 spiro atoms. The van der Waals surface area contributed by atoms with Crippen molar-refractivity contribution < 1.29 is 19.1 Å². The molecule has 2 heterocycles. The van der Waals surface area contributed by atoms with Crippen molar-refractivity contribution in [3.8, 4) is 5.75 Å². The van der Waals surface area contributed by atoms with Gasteiger partial charge in [-0.05, 0) is 37.3 Å². The molecule has 7 nitrogen and oxygen atoms in total. The lowest BCUT2D eigenvalue weighted by Gasteiger charge is -2.33. The highest BCUT2D eigenvalue weighted by Gasteiger charge is 2.61. The molecule has 8 heteroatoms. The fourth-order valence-corrected chi connectivity index (χ4v) is 5.83. The van der Waals surface area contributed by atoms with Crippen molar-refractivity contribution in [3.63, 3.8) is 0 Å². The van der Waals surface area contributed by atoms with Crippen LogP contribution in [-0.2, 0) is 19.3 Å². The predicted octanol–water partition coefficient (Wildman–Crippen LogP) is 4.00. The second kappa shape index (κ2) is 8.87. The fourth-order valence-electron chi connectivity index (χ4n) is 4.47. The molecule has 172 valence electrons. The number of amides is 3. The largest absolute Gasteiger partial charge is 0.492 e. The minimum atomic E-state index is -1.24. The highest BCUT2D eigenvalue weighted by Crippen LogP contribution is 2.55. The van der Waals surface area contributed by atoms with Gasteiger partial charge in [-0.2, -0.15) is 0 Å². The van der Waals surface area contributed by atoms with Gasteiger partial charge in [0.05, 0.1) is 23.7 Å². The van der Waals surface area contributed by atoms with E-state index in [9.17, 15) is 14.4 Å². The van der Waals surface area contributed by atoms with Crippen molar-refractivity contribution in [2.75, 3.05) is 34.0 Å².